The van der Waals surface area contributed by atoms with Gasteiger partial charge >= 0.3 is 0 Å². The van der Waals surface area contributed by atoms with Gasteiger partial charge in [0.15, 0.2) is 0 Å². The monoisotopic (exact) mass is 423 g/mol. The van der Waals surface area contributed by atoms with Crippen LogP contribution in [0.25, 0.3) is 44.3 Å². The van der Waals surface area contributed by atoms with Gasteiger partial charge in [0.25, 0.3) is 0 Å². The Bertz CT molecular complexity index is 1440. The van der Waals surface area contributed by atoms with E-state index >= 15 is 4.39 Å². The minimum atomic E-state index is -0.252. The molecule has 0 bridgehead atoms. The maximum absolute atomic E-state index is 15.0. The minimum absolute atomic E-state index is 0.191. The van der Waals surface area contributed by atoms with Crippen molar-refractivity contribution < 1.29 is 8.81 Å². The number of halogens is 1. The molecule has 5 rings (SSSR count). The van der Waals surface area contributed by atoms with Gasteiger partial charge in [-0.05, 0) is 71.8 Å². The van der Waals surface area contributed by atoms with Crippen LogP contribution in [0.2, 0.25) is 0 Å². The first-order valence-corrected chi connectivity index (χ1v) is 11.0. The number of benzene rings is 3. The van der Waals surface area contributed by atoms with E-state index in [9.17, 15) is 0 Å². The second kappa shape index (κ2) is 7.59. The van der Waals surface area contributed by atoms with Gasteiger partial charge in [0, 0.05) is 28.1 Å². The molecule has 160 valence electrons. The highest BCUT2D eigenvalue weighted by molar-refractivity contribution is 6.13. The van der Waals surface area contributed by atoms with E-state index in [-0.39, 0.29) is 11.2 Å². The smallest absolute Gasteiger partial charge is 0.136 e. The number of nitrogens with zero attached hydrogens (tertiary/aromatic N) is 1. The molecule has 0 fully saturated rings. The minimum Gasteiger partial charge on any atom is -0.456 e. The zero-order chi connectivity index (χ0) is 22.5. The molecule has 0 saturated heterocycles. The van der Waals surface area contributed by atoms with Crippen LogP contribution in [0.3, 0.4) is 0 Å². The highest BCUT2D eigenvalue weighted by Gasteiger charge is 2.18. The van der Waals surface area contributed by atoms with Crippen LogP contribution in [0.1, 0.15) is 31.9 Å². The predicted octanol–water partition coefficient (Wildman–Crippen LogP) is 8.35. The molecule has 0 spiro atoms. The molecule has 2 nitrogen and oxygen atoms in total. The number of hydrogen-bond acceptors (Lipinski definition) is 2. The lowest BCUT2D eigenvalue weighted by Gasteiger charge is -2.20. The highest BCUT2D eigenvalue weighted by atomic mass is 19.1. The normalized spacial score (nSPS) is 12.0. The summed E-state index contributed by atoms with van der Waals surface area (Å²) < 4.78 is 21.1. The van der Waals surface area contributed by atoms with Crippen LogP contribution in [0, 0.1) is 18.2 Å². The number of pyridine rings is 1. The summed E-state index contributed by atoms with van der Waals surface area (Å²) in [6.07, 6.45) is 2.93. The molecule has 5 aromatic rings. The molecule has 0 aliphatic carbocycles. The molecule has 0 unspecified atom stereocenters. The fraction of sp³-hybridized carbons (Fsp3) is 0.207. The molecule has 0 aliphatic rings. The van der Waals surface area contributed by atoms with Crippen LogP contribution in [0.4, 0.5) is 4.39 Å². The molecular weight excluding hydrogens is 397 g/mol. The van der Waals surface area contributed by atoms with Gasteiger partial charge in [0.05, 0.1) is 5.69 Å². The maximum Gasteiger partial charge on any atom is 0.136 e. The van der Waals surface area contributed by atoms with Crippen molar-refractivity contribution in [2.75, 3.05) is 0 Å². The number of fused-ring (bicyclic) bond motifs is 3. The second-order valence-electron chi connectivity index (χ2n) is 9.71. The maximum atomic E-state index is 15.0. The van der Waals surface area contributed by atoms with Gasteiger partial charge in [-0.3, -0.25) is 4.98 Å². The molecule has 0 radical (unpaired) electrons. The van der Waals surface area contributed by atoms with E-state index in [2.05, 4.69) is 39.8 Å². The summed E-state index contributed by atoms with van der Waals surface area (Å²) in [6, 6.07) is 21.1. The molecule has 0 amide bonds. The van der Waals surface area contributed by atoms with Gasteiger partial charge in [-0.15, -0.1) is 0 Å². The van der Waals surface area contributed by atoms with E-state index in [0.717, 1.165) is 39.6 Å². The first kappa shape index (κ1) is 20.4. The van der Waals surface area contributed by atoms with Crippen molar-refractivity contribution in [2.45, 2.75) is 34.1 Å². The molecule has 0 N–H and O–H groups in total. The molecule has 32 heavy (non-hydrogen) atoms. The summed E-state index contributed by atoms with van der Waals surface area (Å²) in [6.45, 7) is 8.85. The molecule has 3 heteroatoms. The Morgan fingerprint density at radius 3 is 2.38 bits per heavy atom. The summed E-state index contributed by atoms with van der Waals surface area (Å²) in [7, 11) is 0. The molecule has 0 atom stereocenters. The Kier molecular flexibility index (Phi) is 4.85. The number of hydrogen-bond donors (Lipinski definition) is 0. The third-order valence-electron chi connectivity index (χ3n) is 5.88. The van der Waals surface area contributed by atoms with Gasteiger partial charge in [0.1, 0.15) is 17.0 Å². The van der Waals surface area contributed by atoms with Gasteiger partial charge in [-0.25, -0.2) is 4.39 Å². The lowest BCUT2D eigenvalue weighted by Crippen LogP contribution is -2.10. The standard InChI is InChI=1S/C29H26FNO/c1-18-17-31-24(15-21(18)16-29(2,3)4)20-10-12-25-22(14-20)28-26(32-25)13-11-23(30)27(28)19-8-6-5-7-9-19/h5-15,17H,16H2,1-4H3. The number of aromatic nitrogens is 1. The van der Waals surface area contributed by atoms with Gasteiger partial charge in [-0.2, -0.15) is 0 Å². The fourth-order valence-electron chi connectivity index (χ4n) is 4.37. The van der Waals surface area contributed by atoms with Gasteiger partial charge in [-0.1, -0.05) is 51.1 Å². The highest BCUT2D eigenvalue weighted by Crippen LogP contribution is 2.39. The van der Waals surface area contributed by atoms with Crippen molar-refractivity contribution in [3.63, 3.8) is 0 Å². The van der Waals surface area contributed by atoms with Crippen molar-refractivity contribution in [3.05, 3.63) is 89.9 Å². The van der Waals surface area contributed by atoms with Crippen molar-refractivity contribution in [2.24, 2.45) is 5.41 Å². The van der Waals surface area contributed by atoms with E-state index in [4.69, 9.17) is 9.40 Å². The fourth-order valence-corrected chi connectivity index (χ4v) is 4.37. The van der Waals surface area contributed by atoms with E-state index in [0.29, 0.717) is 11.1 Å². The zero-order valence-electron chi connectivity index (χ0n) is 18.9. The predicted molar refractivity (Wildman–Crippen MR) is 130 cm³/mol. The Hall–Kier alpha value is -3.46. The first-order chi connectivity index (χ1) is 15.3. The lowest BCUT2D eigenvalue weighted by atomic mass is 9.86. The molecule has 2 heterocycles. The Morgan fingerprint density at radius 2 is 1.62 bits per heavy atom. The Morgan fingerprint density at radius 1 is 0.875 bits per heavy atom. The number of rotatable bonds is 3. The van der Waals surface area contributed by atoms with Crippen LogP contribution in [0.15, 0.2) is 77.3 Å². The van der Waals surface area contributed by atoms with Gasteiger partial charge in [0.2, 0.25) is 0 Å². The van der Waals surface area contributed by atoms with E-state index in [1.807, 2.05) is 48.7 Å². The Balaban J connectivity index is 1.72. The van der Waals surface area contributed by atoms with Gasteiger partial charge < -0.3 is 4.42 Å². The molecular formula is C29H26FNO. The van der Waals surface area contributed by atoms with Crippen LogP contribution in [-0.2, 0) is 6.42 Å². The third kappa shape index (κ3) is 3.69. The number of aryl methyl sites for hydroxylation is 1. The second-order valence-corrected chi connectivity index (χ2v) is 9.71. The first-order valence-electron chi connectivity index (χ1n) is 11.0. The quantitative estimate of drug-likeness (QED) is 0.291. The van der Waals surface area contributed by atoms with Crippen molar-refractivity contribution >= 4 is 21.9 Å². The van der Waals surface area contributed by atoms with Crippen molar-refractivity contribution in [3.8, 4) is 22.4 Å². The van der Waals surface area contributed by atoms with Crippen LogP contribution < -0.4 is 0 Å². The molecule has 3 aromatic carbocycles. The SMILES string of the molecule is Cc1cnc(-c2ccc3oc4ccc(F)c(-c5ccccc5)c4c3c2)cc1CC(C)(C)C. The number of furan rings is 1. The molecule has 0 aliphatic heterocycles. The summed E-state index contributed by atoms with van der Waals surface area (Å²) in [5.74, 6) is -0.252. The van der Waals surface area contributed by atoms with Crippen LogP contribution in [-0.4, -0.2) is 4.98 Å². The van der Waals surface area contributed by atoms with E-state index in [1.54, 1.807) is 6.07 Å². The van der Waals surface area contributed by atoms with Crippen molar-refractivity contribution in [1.29, 1.82) is 0 Å². The average molecular weight is 424 g/mol. The molecule has 2 aromatic heterocycles. The topological polar surface area (TPSA) is 26.0 Å². The molecule has 0 saturated carbocycles. The third-order valence-corrected chi connectivity index (χ3v) is 5.88. The van der Waals surface area contributed by atoms with Crippen LogP contribution in [0.5, 0.6) is 0 Å². The van der Waals surface area contributed by atoms with Crippen LogP contribution >= 0.6 is 0 Å². The average Bonchev–Trinajstić information content (AvgIpc) is 3.13. The lowest BCUT2D eigenvalue weighted by molar-refractivity contribution is 0.410. The van der Waals surface area contributed by atoms with Crippen molar-refractivity contribution in [1.82, 2.24) is 4.98 Å². The van der Waals surface area contributed by atoms with E-state index in [1.165, 1.54) is 17.2 Å². The summed E-state index contributed by atoms with van der Waals surface area (Å²) in [5.41, 5.74) is 7.45. The summed E-state index contributed by atoms with van der Waals surface area (Å²) in [4.78, 5) is 4.70. The zero-order valence-corrected chi connectivity index (χ0v) is 18.9. The van der Waals surface area contributed by atoms with E-state index < -0.39 is 0 Å². The largest absolute Gasteiger partial charge is 0.456 e. The summed E-state index contributed by atoms with van der Waals surface area (Å²) >= 11 is 0. The summed E-state index contributed by atoms with van der Waals surface area (Å²) in [5, 5.41) is 1.70. The Labute approximate surface area is 187 Å².